The minimum absolute atomic E-state index is 0.114. The minimum atomic E-state index is -0.762. The van der Waals surface area contributed by atoms with Crippen molar-refractivity contribution < 1.29 is 18.7 Å². The summed E-state index contributed by atoms with van der Waals surface area (Å²) in [6.07, 6.45) is -0.762. The van der Waals surface area contributed by atoms with E-state index >= 15 is 0 Å². The first-order valence-electron chi connectivity index (χ1n) is 8.68. The highest BCUT2D eigenvalue weighted by Gasteiger charge is 2.15. The first-order chi connectivity index (χ1) is 13.9. The average molecular weight is 414 g/mol. The number of rotatable bonds is 6. The number of carbonyl (C=O) groups is 2. The second kappa shape index (κ2) is 9.16. The van der Waals surface area contributed by atoms with Gasteiger partial charge in [0.2, 0.25) is 5.95 Å². The Morgan fingerprint density at radius 1 is 1.00 bits per heavy atom. The van der Waals surface area contributed by atoms with Crippen LogP contribution in [-0.4, -0.2) is 22.9 Å². The Bertz CT molecular complexity index is 1010. The summed E-state index contributed by atoms with van der Waals surface area (Å²) >= 11 is 5.82. The number of amides is 2. The summed E-state index contributed by atoms with van der Waals surface area (Å²) in [6.45, 7) is 1.61. The molecule has 148 valence electrons. The van der Waals surface area contributed by atoms with Crippen LogP contribution in [0.3, 0.4) is 0 Å². The van der Waals surface area contributed by atoms with E-state index in [1.807, 2.05) is 0 Å². The Balaban J connectivity index is 1.57. The molecule has 0 aliphatic heterocycles. The molecule has 3 aromatic rings. The van der Waals surface area contributed by atoms with E-state index in [9.17, 15) is 14.0 Å². The molecule has 0 unspecified atom stereocenters. The number of pyridine rings is 1. The molecule has 0 aliphatic rings. The van der Waals surface area contributed by atoms with Crippen LogP contribution in [0.15, 0.2) is 66.7 Å². The van der Waals surface area contributed by atoms with Crippen molar-refractivity contribution in [2.75, 3.05) is 10.6 Å². The maximum atomic E-state index is 13.1. The molecule has 0 fully saturated rings. The summed E-state index contributed by atoms with van der Waals surface area (Å²) < 4.78 is 18.7. The van der Waals surface area contributed by atoms with Crippen LogP contribution < -0.4 is 15.4 Å². The molecule has 29 heavy (non-hydrogen) atoms. The lowest BCUT2D eigenvalue weighted by Crippen LogP contribution is -2.30. The van der Waals surface area contributed by atoms with E-state index in [2.05, 4.69) is 15.6 Å². The molecular formula is C21H17ClFN3O3. The fraction of sp³-hybridized carbons (Fsp3) is 0.0952. The molecule has 2 amide bonds. The molecule has 1 aromatic heterocycles. The molecule has 1 heterocycles. The van der Waals surface area contributed by atoms with Gasteiger partial charge in [0.15, 0.2) is 6.10 Å². The largest absolute Gasteiger partial charge is 0.481 e. The second-order valence-electron chi connectivity index (χ2n) is 6.08. The average Bonchev–Trinajstić information content (AvgIpc) is 2.70. The molecule has 0 saturated heterocycles. The van der Waals surface area contributed by atoms with Gasteiger partial charge >= 0.3 is 0 Å². The number of benzene rings is 2. The van der Waals surface area contributed by atoms with Gasteiger partial charge in [0.25, 0.3) is 11.8 Å². The lowest BCUT2D eigenvalue weighted by molar-refractivity contribution is -0.122. The zero-order valence-corrected chi connectivity index (χ0v) is 16.1. The zero-order chi connectivity index (χ0) is 20.8. The molecular weight excluding hydrogens is 397 g/mol. The first-order valence-corrected chi connectivity index (χ1v) is 9.05. The second-order valence-corrected chi connectivity index (χ2v) is 6.52. The Kier molecular flexibility index (Phi) is 6.41. The molecule has 2 N–H and O–H groups in total. The van der Waals surface area contributed by atoms with Crippen LogP contribution in [0.5, 0.6) is 5.75 Å². The fourth-order valence-electron chi connectivity index (χ4n) is 2.39. The van der Waals surface area contributed by atoms with Crippen LogP contribution in [0.4, 0.5) is 15.9 Å². The fourth-order valence-corrected chi connectivity index (χ4v) is 2.51. The van der Waals surface area contributed by atoms with E-state index in [0.717, 1.165) is 0 Å². The molecule has 0 spiro atoms. The SMILES string of the molecule is C[C@H](Oc1ccc(C(=O)Nc2cccc(F)n2)cc1)C(=O)Nc1ccc(Cl)cc1. The number of nitrogens with zero attached hydrogens (tertiary/aromatic N) is 1. The topological polar surface area (TPSA) is 80.3 Å². The van der Waals surface area contributed by atoms with Gasteiger partial charge in [0, 0.05) is 16.3 Å². The molecule has 3 rings (SSSR count). The molecule has 8 heteroatoms. The summed E-state index contributed by atoms with van der Waals surface area (Å²) in [5.41, 5.74) is 0.939. The van der Waals surface area contributed by atoms with Crippen molar-refractivity contribution in [1.29, 1.82) is 0 Å². The normalized spacial score (nSPS) is 11.4. The quantitative estimate of drug-likeness (QED) is 0.582. The Hall–Kier alpha value is -3.45. The number of aromatic nitrogens is 1. The molecule has 1 atom stereocenters. The van der Waals surface area contributed by atoms with Gasteiger partial charge in [0.05, 0.1) is 0 Å². The van der Waals surface area contributed by atoms with Crippen molar-refractivity contribution in [1.82, 2.24) is 4.98 Å². The van der Waals surface area contributed by atoms with Gasteiger partial charge in [-0.3, -0.25) is 9.59 Å². The van der Waals surface area contributed by atoms with Crippen LogP contribution in [0.2, 0.25) is 5.02 Å². The summed E-state index contributed by atoms with van der Waals surface area (Å²) in [5.74, 6) is -0.918. The predicted octanol–water partition coefficient (Wildman–Crippen LogP) is 4.53. The van der Waals surface area contributed by atoms with E-state index in [1.54, 1.807) is 43.3 Å². The van der Waals surface area contributed by atoms with Gasteiger partial charge in [-0.25, -0.2) is 4.98 Å². The molecule has 6 nitrogen and oxygen atoms in total. The number of hydrogen-bond acceptors (Lipinski definition) is 4. The standard InChI is InChI=1S/C21H17ClFN3O3/c1-13(20(27)24-16-9-7-15(22)8-10-16)29-17-11-5-14(6-12-17)21(28)26-19-4-2-3-18(23)25-19/h2-13H,1H3,(H,24,27)(H,25,26,28)/t13-/m0/s1. The van der Waals surface area contributed by atoms with E-state index in [4.69, 9.17) is 16.3 Å². The van der Waals surface area contributed by atoms with Gasteiger partial charge in [-0.05, 0) is 67.6 Å². The van der Waals surface area contributed by atoms with Crippen molar-refractivity contribution >= 4 is 34.9 Å². The van der Waals surface area contributed by atoms with Crippen LogP contribution >= 0.6 is 11.6 Å². The van der Waals surface area contributed by atoms with Gasteiger partial charge < -0.3 is 15.4 Å². The number of halogens is 2. The van der Waals surface area contributed by atoms with E-state index < -0.39 is 18.0 Å². The van der Waals surface area contributed by atoms with Crippen molar-refractivity contribution in [3.8, 4) is 5.75 Å². The summed E-state index contributed by atoms with van der Waals surface area (Å²) in [5, 5.41) is 5.80. The number of hydrogen-bond donors (Lipinski definition) is 2. The number of nitrogens with one attached hydrogen (secondary N) is 2. The summed E-state index contributed by atoms with van der Waals surface area (Å²) in [6, 6.07) is 17.1. The van der Waals surface area contributed by atoms with Crippen LogP contribution in [0.25, 0.3) is 0 Å². The van der Waals surface area contributed by atoms with E-state index in [1.165, 1.54) is 30.3 Å². The number of ether oxygens (including phenoxy) is 1. The third-order valence-electron chi connectivity index (χ3n) is 3.87. The molecule has 0 bridgehead atoms. The molecule has 2 aromatic carbocycles. The monoisotopic (exact) mass is 413 g/mol. The maximum absolute atomic E-state index is 13.1. The molecule has 0 saturated carbocycles. The highest BCUT2D eigenvalue weighted by molar-refractivity contribution is 6.30. The smallest absolute Gasteiger partial charge is 0.265 e. The third-order valence-corrected chi connectivity index (χ3v) is 4.12. The lowest BCUT2D eigenvalue weighted by Gasteiger charge is -2.15. The van der Waals surface area contributed by atoms with Crippen molar-refractivity contribution in [2.24, 2.45) is 0 Å². The Morgan fingerprint density at radius 2 is 1.69 bits per heavy atom. The number of anilines is 2. The van der Waals surface area contributed by atoms with Gasteiger partial charge in [-0.1, -0.05) is 17.7 Å². The van der Waals surface area contributed by atoms with Gasteiger partial charge in [-0.2, -0.15) is 4.39 Å². The minimum Gasteiger partial charge on any atom is -0.481 e. The van der Waals surface area contributed by atoms with Crippen LogP contribution in [0.1, 0.15) is 17.3 Å². The van der Waals surface area contributed by atoms with Crippen molar-refractivity contribution in [3.05, 3.63) is 83.3 Å². The Labute approximate surface area is 171 Å². The van der Waals surface area contributed by atoms with Crippen LogP contribution in [-0.2, 0) is 4.79 Å². The molecule has 0 aliphatic carbocycles. The van der Waals surface area contributed by atoms with Crippen molar-refractivity contribution in [3.63, 3.8) is 0 Å². The van der Waals surface area contributed by atoms with Crippen molar-refractivity contribution in [2.45, 2.75) is 13.0 Å². The lowest BCUT2D eigenvalue weighted by atomic mass is 10.2. The number of carbonyl (C=O) groups excluding carboxylic acids is 2. The zero-order valence-electron chi connectivity index (χ0n) is 15.4. The van der Waals surface area contributed by atoms with E-state index in [-0.39, 0.29) is 11.7 Å². The Morgan fingerprint density at radius 3 is 2.34 bits per heavy atom. The summed E-state index contributed by atoms with van der Waals surface area (Å²) in [7, 11) is 0. The third kappa shape index (κ3) is 5.76. The van der Waals surface area contributed by atoms with Gasteiger partial charge in [-0.15, -0.1) is 0 Å². The summed E-state index contributed by atoms with van der Waals surface area (Å²) in [4.78, 5) is 28.0. The predicted molar refractivity (Wildman–Crippen MR) is 109 cm³/mol. The highest BCUT2D eigenvalue weighted by atomic mass is 35.5. The first kappa shape index (κ1) is 20.3. The maximum Gasteiger partial charge on any atom is 0.265 e. The van der Waals surface area contributed by atoms with Gasteiger partial charge in [0.1, 0.15) is 11.6 Å². The van der Waals surface area contributed by atoms with Crippen LogP contribution in [0, 0.1) is 5.95 Å². The molecule has 0 radical (unpaired) electrons. The highest BCUT2D eigenvalue weighted by Crippen LogP contribution is 2.17. The van der Waals surface area contributed by atoms with E-state index in [0.29, 0.717) is 22.0 Å².